The predicted molar refractivity (Wildman–Crippen MR) is 118 cm³/mol. The summed E-state index contributed by atoms with van der Waals surface area (Å²) in [6, 6.07) is 17.5. The maximum Gasteiger partial charge on any atom is 0.335 e. The van der Waals surface area contributed by atoms with E-state index >= 15 is 0 Å². The Labute approximate surface area is 176 Å². The van der Waals surface area contributed by atoms with Crippen molar-refractivity contribution in [3.8, 4) is 16.9 Å². The molecular weight excluding hydrogens is 372 g/mol. The van der Waals surface area contributed by atoms with Crippen LogP contribution in [0.1, 0.15) is 54.4 Å². The normalized spacial score (nSPS) is 29.4. The summed E-state index contributed by atoms with van der Waals surface area (Å²) in [5.41, 5.74) is 4.21. The van der Waals surface area contributed by atoms with Crippen LogP contribution in [-0.2, 0) is 5.41 Å². The number of aromatic carboxylic acids is 1. The first-order chi connectivity index (χ1) is 14.5. The smallest absolute Gasteiger partial charge is 0.335 e. The standard InChI is InChI=1S/C27H26O3/c28-23-5-6-24(21-3-1-20-11-22(26(29)30)4-2-19(20)10-21)25(12-23)27-13-16-7-17(14-27)9-18(8-16)15-27/h1-6,10-12,16-18,28H,7-9,13-15H2,(H,29,30). The second-order valence-corrected chi connectivity index (χ2v) is 10.0. The van der Waals surface area contributed by atoms with Crippen LogP contribution in [0.15, 0.2) is 54.6 Å². The number of phenols is 1. The topological polar surface area (TPSA) is 57.5 Å². The van der Waals surface area contributed by atoms with E-state index in [1.54, 1.807) is 18.2 Å². The summed E-state index contributed by atoms with van der Waals surface area (Å²) < 4.78 is 0. The third-order valence-corrected chi connectivity index (χ3v) is 8.01. The molecule has 4 fully saturated rings. The largest absolute Gasteiger partial charge is 0.508 e. The summed E-state index contributed by atoms with van der Waals surface area (Å²) in [5, 5.41) is 21.6. The Morgan fingerprint density at radius 2 is 1.43 bits per heavy atom. The van der Waals surface area contributed by atoms with Crippen LogP contribution in [0.25, 0.3) is 21.9 Å². The van der Waals surface area contributed by atoms with Crippen molar-refractivity contribution >= 4 is 16.7 Å². The van der Waals surface area contributed by atoms with E-state index in [2.05, 4.69) is 18.2 Å². The Morgan fingerprint density at radius 1 is 0.800 bits per heavy atom. The number of phenolic OH excluding ortho intramolecular Hbond substituents is 1. The number of rotatable bonds is 3. The fourth-order valence-corrected chi connectivity index (χ4v) is 7.21. The van der Waals surface area contributed by atoms with Gasteiger partial charge in [-0.25, -0.2) is 4.79 Å². The Kier molecular flexibility index (Phi) is 3.80. The van der Waals surface area contributed by atoms with E-state index in [-0.39, 0.29) is 5.41 Å². The first kappa shape index (κ1) is 18.0. The lowest BCUT2D eigenvalue weighted by atomic mass is 9.47. The highest BCUT2D eigenvalue weighted by Crippen LogP contribution is 2.62. The van der Waals surface area contributed by atoms with Crippen LogP contribution in [0.2, 0.25) is 0 Å². The highest BCUT2D eigenvalue weighted by molar-refractivity contribution is 5.96. The molecular formula is C27H26O3. The van der Waals surface area contributed by atoms with Gasteiger partial charge in [0, 0.05) is 0 Å². The van der Waals surface area contributed by atoms with Crippen LogP contribution >= 0.6 is 0 Å². The van der Waals surface area contributed by atoms with E-state index < -0.39 is 5.97 Å². The SMILES string of the molecule is O=C(O)c1ccc2cc(-c3ccc(O)cc3C34CC5CC(CC(C5)C3)C4)ccc2c1. The Hall–Kier alpha value is -2.81. The van der Waals surface area contributed by atoms with Crippen LogP contribution in [0.4, 0.5) is 0 Å². The first-order valence-electron chi connectivity index (χ1n) is 11.1. The first-order valence-corrected chi connectivity index (χ1v) is 11.1. The molecule has 0 atom stereocenters. The molecule has 4 aliphatic rings. The number of carboxylic acid groups (broad SMARTS) is 1. The molecule has 0 heterocycles. The summed E-state index contributed by atoms with van der Waals surface area (Å²) >= 11 is 0. The van der Waals surface area contributed by atoms with Gasteiger partial charge < -0.3 is 10.2 Å². The van der Waals surface area contributed by atoms with Gasteiger partial charge in [-0.1, -0.05) is 24.3 Å². The fraction of sp³-hybridized carbons (Fsp3) is 0.370. The minimum atomic E-state index is -0.899. The van der Waals surface area contributed by atoms with Gasteiger partial charge in [-0.15, -0.1) is 0 Å². The Balaban J connectivity index is 1.48. The average Bonchev–Trinajstić information content (AvgIpc) is 2.72. The molecule has 152 valence electrons. The van der Waals surface area contributed by atoms with Crippen LogP contribution in [0.3, 0.4) is 0 Å². The van der Waals surface area contributed by atoms with Crippen molar-refractivity contribution in [3.05, 3.63) is 65.7 Å². The minimum Gasteiger partial charge on any atom is -0.508 e. The lowest BCUT2D eigenvalue weighted by molar-refractivity contribution is -0.00500. The van der Waals surface area contributed by atoms with E-state index in [9.17, 15) is 15.0 Å². The number of aromatic hydroxyl groups is 1. The van der Waals surface area contributed by atoms with Crippen molar-refractivity contribution in [1.29, 1.82) is 0 Å². The van der Waals surface area contributed by atoms with Crippen molar-refractivity contribution in [2.75, 3.05) is 0 Å². The zero-order chi connectivity index (χ0) is 20.5. The van der Waals surface area contributed by atoms with Gasteiger partial charge >= 0.3 is 5.97 Å². The zero-order valence-corrected chi connectivity index (χ0v) is 17.0. The van der Waals surface area contributed by atoms with Crippen LogP contribution in [-0.4, -0.2) is 16.2 Å². The molecule has 0 spiro atoms. The second-order valence-electron chi connectivity index (χ2n) is 10.0. The summed E-state index contributed by atoms with van der Waals surface area (Å²) in [4.78, 5) is 11.3. The lowest BCUT2D eigenvalue weighted by Gasteiger charge is -2.57. The molecule has 0 amide bonds. The molecule has 4 saturated carbocycles. The van der Waals surface area contributed by atoms with Crippen molar-refractivity contribution in [1.82, 2.24) is 0 Å². The summed E-state index contributed by atoms with van der Waals surface area (Å²) in [6.07, 6.45) is 7.96. The van der Waals surface area contributed by atoms with Gasteiger partial charge in [0.25, 0.3) is 0 Å². The van der Waals surface area contributed by atoms with Gasteiger partial charge in [0.1, 0.15) is 5.75 Å². The zero-order valence-electron chi connectivity index (χ0n) is 17.0. The van der Waals surface area contributed by atoms with E-state index in [1.807, 2.05) is 18.2 Å². The highest BCUT2D eigenvalue weighted by Gasteiger charge is 2.52. The molecule has 0 radical (unpaired) electrons. The number of carboxylic acids is 1. The third kappa shape index (κ3) is 2.75. The molecule has 0 aromatic heterocycles. The molecule has 7 rings (SSSR count). The molecule has 4 aliphatic carbocycles. The minimum absolute atomic E-state index is 0.199. The Morgan fingerprint density at radius 3 is 2.10 bits per heavy atom. The van der Waals surface area contributed by atoms with Gasteiger partial charge in [0.15, 0.2) is 0 Å². The van der Waals surface area contributed by atoms with Gasteiger partial charge in [-0.05, 0) is 119 Å². The van der Waals surface area contributed by atoms with Gasteiger partial charge in [0.2, 0.25) is 0 Å². The van der Waals surface area contributed by atoms with Crippen molar-refractivity contribution in [2.24, 2.45) is 17.8 Å². The monoisotopic (exact) mass is 398 g/mol. The van der Waals surface area contributed by atoms with E-state index in [0.29, 0.717) is 11.3 Å². The van der Waals surface area contributed by atoms with Crippen LogP contribution < -0.4 is 0 Å². The quantitative estimate of drug-likeness (QED) is 0.538. The van der Waals surface area contributed by atoms with Crippen LogP contribution in [0.5, 0.6) is 5.75 Å². The van der Waals surface area contributed by atoms with Gasteiger partial charge in [-0.3, -0.25) is 0 Å². The second kappa shape index (κ2) is 6.34. The maximum absolute atomic E-state index is 11.3. The summed E-state index contributed by atoms with van der Waals surface area (Å²) in [5.74, 6) is 1.99. The number of hydrogen-bond donors (Lipinski definition) is 2. The van der Waals surface area contributed by atoms with E-state index in [4.69, 9.17) is 0 Å². The lowest BCUT2D eigenvalue weighted by Crippen LogP contribution is -2.48. The average molecular weight is 399 g/mol. The Bertz CT molecular complexity index is 1140. The summed E-state index contributed by atoms with van der Waals surface area (Å²) in [7, 11) is 0. The number of fused-ring (bicyclic) bond motifs is 1. The molecule has 3 aromatic rings. The van der Waals surface area contributed by atoms with Crippen LogP contribution in [0, 0.1) is 17.8 Å². The molecule has 0 saturated heterocycles. The highest BCUT2D eigenvalue weighted by atomic mass is 16.4. The summed E-state index contributed by atoms with van der Waals surface area (Å²) in [6.45, 7) is 0. The molecule has 3 aromatic carbocycles. The van der Waals surface area contributed by atoms with E-state index in [0.717, 1.165) is 34.1 Å². The molecule has 0 unspecified atom stereocenters. The number of hydrogen-bond acceptors (Lipinski definition) is 2. The molecule has 0 aliphatic heterocycles. The van der Waals surface area contributed by atoms with Gasteiger partial charge in [0.05, 0.1) is 5.56 Å². The predicted octanol–water partition coefficient (Wildman–Crippen LogP) is 6.38. The van der Waals surface area contributed by atoms with E-state index in [1.165, 1.54) is 49.7 Å². The molecule has 3 heteroatoms. The van der Waals surface area contributed by atoms with Crippen molar-refractivity contribution < 1.29 is 15.0 Å². The van der Waals surface area contributed by atoms with Gasteiger partial charge in [-0.2, -0.15) is 0 Å². The number of carbonyl (C=O) groups is 1. The van der Waals surface area contributed by atoms with Crippen molar-refractivity contribution in [2.45, 2.75) is 43.9 Å². The number of benzene rings is 3. The molecule has 30 heavy (non-hydrogen) atoms. The fourth-order valence-electron chi connectivity index (χ4n) is 7.21. The third-order valence-electron chi connectivity index (χ3n) is 8.01. The molecule has 3 nitrogen and oxygen atoms in total. The molecule has 4 bridgehead atoms. The maximum atomic E-state index is 11.3. The van der Waals surface area contributed by atoms with Crippen molar-refractivity contribution in [3.63, 3.8) is 0 Å². The molecule has 2 N–H and O–H groups in total.